The molecule has 0 fully saturated rings. The third-order valence-corrected chi connectivity index (χ3v) is 2.68. The summed E-state index contributed by atoms with van der Waals surface area (Å²) in [6.07, 6.45) is 0.614. The number of anilines is 1. The number of hydrogen-bond donors (Lipinski definition) is 1. The van der Waals surface area contributed by atoms with Crippen LogP contribution in [0, 0.1) is 6.92 Å². The van der Waals surface area contributed by atoms with Crippen LogP contribution in [0.4, 0.5) is 10.5 Å². The van der Waals surface area contributed by atoms with E-state index in [1.54, 1.807) is 45.9 Å². The minimum absolute atomic E-state index is 0.287. The maximum Gasteiger partial charge on any atom is 0.516 e. The quantitative estimate of drug-likeness (QED) is 0.391. The predicted octanol–water partition coefficient (Wildman–Crippen LogP) is 3.46. The Morgan fingerprint density at radius 2 is 1.86 bits per heavy atom. The van der Waals surface area contributed by atoms with E-state index in [4.69, 9.17) is 10.5 Å². The highest BCUT2D eigenvalue weighted by Crippen LogP contribution is 2.19. The number of benzene rings is 1. The van der Waals surface area contributed by atoms with E-state index in [1.807, 2.05) is 13.0 Å². The second kappa shape index (κ2) is 6.43. The molecule has 5 nitrogen and oxygen atoms in total. The predicted molar refractivity (Wildman–Crippen MR) is 81.6 cm³/mol. The van der Waals surface area contributed by atoms with Crippen LogP contribution in [0.15, 0.2) is 23.8 Å². The van der Waals surface area contributed by atoms with Crippen molar-refractivity contribution in [3.63, 3.8) is 0 Å². The van der Waals surface area contributed by atoms with Crippen LogP contribution in [0.5, 0.6) is 0 Å². The normalized spacial score (nSPS) is 12.0. The number of ether oxygens (including phenoxy) is 2. The van der Waals surface area contributed by atoms with Gasteiger partial charge in [0.15, 0.2) is 0 Å². The number of esters is 1. The molecular formula is C16H21NO4. The number of carbonyl (C=O) groups excluding carboxylic acids is 2. The molecule has 0 aliphatic rings. The zero-order valence-corrected chi connectivity index (χ0v) is 13.0. The van der Waals surface area contributed by atoms with E-state index in [9.17, 15) is 9.59 Å². The number of hydrogen-bond acceptors (Lipinski definition) is 5. The molecule has 21 heavy (non-hydrogen) atoms. The minimum Gasteiger partial charge on any atom is -0.428 e. The molecule has 0 saturated carbocycles. The smallest absolute Gasteiger partial charge is 0.428 e. The van der Waals surface area contributed by atoms with Gasteiger partial charge in [0, 0.05) is 11.3 Å². The van der Waals surface area contributed by atoms with Gasteiger partial charge < -0.3 is 15.2 Å². The van der Waals surface area contributed by atoms with Gasteiger partial charge in [-0.15, -0.1) is 0 Å². The highest BCUT2D eigenvalue weighted by Gasteiger charge is 2.21. The van der Waals surface area contributed by atoms with Crippen molar-refractivity contribution in [2.24, 2.45) is 0 Å². The highest BCUT2D eigenvalue weighted by atomic mass is 16.7. The first-order valence-electron chi connectivity index (χ1n) is 6.58. The summed E-state index contributed by atoms with van der Waals surface area (Å²) in [5.41, 5.74) is 7.68. The van der Waals surface area contributed by atoms with Gasteiger partial charge in [-0.3, -0.25) is 0 Å². The van der Waals surface area contributed by atoms with E-state index >= 15 is 0 Å². The molecule has 1 aromatic rings. The SMILES string of the molecule is CC(=Cc1cccc(N)c1C)C(=O)OC(=O)OC(C)(C)C. The van der Waals surface area contributed by atoms with Crippen molar-refractivity contribution in [2.75, 3.05) is 5.73 Å². The van der Waals surface area contributed by atoms with E-state index in [-0.39, 0.29) is 5.57 Å². The van der Waals surface area contributed by atoms with Gasteiger partial charge in [-0.1, -0.05) is 12.1 Å². The molecule has 0 spiro atoms. The van der Waals surface area contributed by atoms with Crippen molar-refractivity contribution in [1.29, 1.82) is 0 Å². The van der Waals surface area contributed by atoms with Gasteiger partial charge in [0.05, 0.1) is 0 Å². The zero-order chi connectivity index (χ0) is 16.2. The molecule has 1 aromatic carbocycles. The van der Waals surface area contributed by atoms with Crippen molar-refractivity contribution in [2.45, 2.75) is 40.2 Å². The van der Waals surface area contributed by atoms with Crippen LogP contribution in [0.1, 0.15) is 38.8 Å². The van der Waals surface area contributed by atoms with Gasteiger partial charge in [0.2, 0.25) is 0 Å². The van der Waals surface area contributed by atoms with Crippen LogP contribution >= 0.6 is 0 Å². The Labute approximate surface area is 124 Å². The fraction of sp³-hybridized carbons (Fsp3) is 0.375. The van der Waals surface area contributed by atoms with Gasteiger partial charge >= 0.3 is 12.1 Å². The summed E-state index contributed by atoms with van der Waals surface area (Å²) in [7, 11) is 0. The third-order valence-electron chi connectivity index (χ3n) is 2.68. The lowest BCUT2D eigenvalue weighted by Gasteiger charge is -2.18. The molecule has 114 valence electrons. The van der Waals surface area contributed by atoms with Gasteiger partial charge in [-0.25, -0.2) is 9.59 Å². The van der Waals surface area contributed by atoms with Crippen molar-refractivity contribution >= 4 is 23.9 Å². The Kier molecular flexibility index (Phi) is 5.13. The molecule has 0 bridgehead atoms. The topological polar surface area (TPSA) is 78.6 Å². The molecule has 0 atom stereocenters. The summed E-state index contributed by atoms with van der Waals surface area (Å²) in [6, 6.07) is 5.40. The summed E-state index contributed by atoms with van der Waals surface area (Å²) in [5.74, 6) is -0.744. The van der Waals surface area contributed by atoms with Crippen LogP contribution in [0.2, 0.25) is 0 Å². The fourth-order valence-electron chi connectivity index (χ4n) is 1.55. The third kappa shape index (κ3) is 5.30. The van der Waals surface area contributed by atoms with Crippen LogP contribution in [0.25, 0.3) is 6.08 Å². The molecule has 5 heteroatoms. The zero-order valence-electron chi connectivity index (χ0n) is 13.0. The largest absolute Gasteiger partial charge is 0.516 e. The Morgan fingerprint density at radius 1 is 1.24 bits per heavy atom. The van der Waals surface area contributed by atoms with Gasteiger partial charge in [-0.05, 0) is 57.9 Å². The Hall–Kier alpha value is -2.30. The average molecular weight is 291 g/mol. The summed E-state index contributed by atoms with van der Waals surface area (Å²) < 4.78 is 9.55. The number of rotatable bonds is 2. The molecule has 0 aliphatic carbocycles. The molecule has 0 aromatic heterocycles. The van der Waals surface area contributed by atoms with E-state index in [1.165, 1.54) is 0 Å². The molecular weight excluding hydrogens is 270 g/mol. The van der Waals surface area contributed by atoms with Crippen LogP contribution < -0.4 is 5.73 Å². The van der Waals surface area contributed by atoms with Gasteiger partial charge in [0.1, 0.15) is 5.60 Å². The van der Waals surface area contributed by atoms with E-state index in [2.05, 4.69) is 4.74 Å². The Morgan fingerprint density at radius 3 is 2.43 bits per heavy atom. The number of nitrogens with two attached hydrogens (primary N) is 1. The fourth-order valence-corrected chi connectivity index (χ4v) is 1.55. The molecule has 1 rings (SSSR count). The molecule has 0 heterocycles. The second-order valence-corrected chi connectivity index (χ2v) is 5.74. The van der Waals surface area contributed by atoms with Gasteiger partial charge in [0.25, 0.3) is 0 Å². The van der Waals surface area contributed by atoms with Crippen molar-refractivity contribution in [1.82, 2.24) is 0 Å². The second-order valence-electron chi connectivity index (χ2n) is 5.74. The summed E-state index contributed by atoms with van der Waals surface area (Å²) in [5, 5.41) is 0. The lowest BCUT2D eigenvalue weighted by atomic mass is 10.0. The molecule has 0 amide bonds. The maximum absolute atomic E-state index is 11.8. The number of nitrogen functional groups attached to an aromatic ring is 1. The summed E-state index contributed by atoms with van der Waals surface area (Å²) in [4.78, 5) is 23.3. The van der Waals surface area contributed by atoms with Crippen molar-refractivity contribution < 1.29 is 19.1 Å². The first kappa shape index (κ1) is 16.8. The minimum atomic E-state index is -1.01. The van der Waals surface area contributed by atoms with E-state index in [0.717, 1.165) is 11.1 Å². The molecule has 0 saturated heterocycles. The number of carbonyl (C=O) groups is 2. The molecule has 0 aliphatic heterocycles. The van der Waals surface area contributed by atoms with Crippen LogP contribution in [0.3, 0.4) is 0 Å². The Bertz CT molecular complexity index is 582. The Balaban J connectivity index is 2.81. The van der Waals surface area contributed by atoms with E-state index in [0.29, 0.717) is 5.69 Å². The molecule has 0 radical (unpaired) electrons. The first-order valence-corrected chi connectivity index (χ1v) is 6.58. The lowest BCUT2D eigenvalue weighted by molar-refractivity contribution is -0.136. The average Bonchev–Trinajstić information content (AvgIpc) is 2.32. The summed E-state index contributed by atoms with van der Waals surface area (Å²) >= 11 is 0. The van der Waals surface area contributed by atoms with Crippen LogP contribution in [-0.4, -0.2) is 17.7 Å². The highest BCUT2D eigenvalue weighted by molar-refractivity contribution is 5.98. The van der Waals surface area contributed by atoms with E-state index < -0.39 is 17.7 Å². The maximum atomic E-state index is 11.8. The summed E-state index contributed by atoms with van der Waals surface area (Å²) in [6.45, 7) is 8.50. The molecule has 0 unspecified atom stereocenters. The van der Waals surface area contributed by atoms with Crippen LogP contribution in [-0.2, 0) is 14.3 Å². The monoisotopic (exact) mass is 291 g/mol. The standard InChI is InChI=1S/C16H21NO4/c1-10(9-12-7-6-8-13(17)11(12)2)14(18)20-15(19)21-16(3,4)5/h6-9H,17H2,1-5H3. The lowest BCUT2D eigenvalue weighted by Crippen LogP contribution is -2.26. The van der Waals surface area contributed by atoms with Gasteiger partial charge in [-0.2, -0.15) is 0 Å². The molecule has 2 N–H and O–H groups in total. The first-order chi connectivity index (χ1) is 9.60. The van der Waals surface area contributed by atoms with Crippen molar-refractivity contribution in [3.8, 4) is 0 Å². The van der Waals surface area contributed by atoms with Crippen molar-refractivity contribution in [3.05, 3.63) is 34.9 Å².